The highest BCUT2D eigenvalue weighted by Gasteiger charge is 2.30. The molecular formula is C40H40FN9O3. The normalized spacial score (nSPS) is 19.7. The van der Waals surface area contributed by atoms with E-state index >= 15 is 0 Å². The summed E-state index contributed by atoms with van der Waals surface area (Å²) in [6, 6.07) is 24.6. The van der Waals surface area contributed by atoms with Crippen molar-refractivity contribution < 1.29 is 18.7 Å². The van der Waals surface area contributed by atoms with Gasteiger partial charge in [0, 0.05) is 62.8 Å². The second-order valence-electron chi connectivity index (χ2n) is 14.0. The Kier molecular flexibility index (Phi) is 8.70. The number of hydrogen-bond donors (Lipinski definition) is 1. The SMILES string of the molecule is O=C1CCC(n2ccc3cc(OCCN4CCN(c5cccc(-c6cnc7ccc(N8CCC[C@@H]8c8cccc(F)c8)nn67)n5)CC4)ccc32)C(=O)N1. The third-order valence-corrected chi connectivity index (χ3v) is 10.7. The van der Waals surface area contributed by atoms with Gasteiger partial charge in [0.2, 0.25) is 11.8 Å². The Morgan fingerprint density at radius 3 is 2.62 bits per heavy atom. The van der Waals surface area contributed by atoms with Crippen LogP contribution in [0.5, 0.6) is 5.75 Å². The molecule has 0 spiro atoms. The van der Waals surface area contributed by atoms with Gasteiger partial charge in [-0.25, -0.2) is 18.9 Å². The first-order valence-electron chi connectivity index (χ1n) is 18.4. The quantitative estimate of drug-likeness (QED) is 0.197. The number of piperidine rings is 1. The predicted molar refractivity (Wildman–Crippen MR) is 199 cm³/mol. The zero-order chi connectivity index (χ0) is 35.9. The molecule has 0 bridgehead atoms. The van der Waals surface area contributed by atoms with Crippen molar-refractivity contribution in [1.29, 1.82) is 0 Å². The average molecular weight is 714 g/mol. The summed E-state index contributed by atoms with van der Waals surface area (Å²) in [4.78, 5) is 40.7. The Morgan fingerprint density at radius 1 is 0.868 bits per heavy atom. The molecular weight excluding hydrogens is 673 g/mol. The van der Waals surface area contributed by atoms with Gasteiger partial charge in [-0.3, -0.25) is 19.8 Å². The van der Waals surface area contributed by atoms with E-state index in [1.54, 1.807) is 12.1 Å². The third kappa shape index (κ3) is 6.56. The number of piperazine rings is 1. The number of carbonyl (C=O) groups excluding carboxylic acids is 2. The van der Waals surface area contributed by atoms with E-state index in [1.165, 1.54) is 6.07 Å². The lowest BCUT2D eigenvalue weighted by molar-refractivity contribution is -0.135. The summed E-state index contributed by atoms with van der Waals surface area (Å²) in [6.45, 7) is 5.72. The number of rotatable bonds is 9. The molecule has 0 saturated carbocycles. The van der Waals surface area contributed by atoms with Gasteiger partial charge in [-0.15, -0.1) is 5.10 Å². The van der Waals surface area contributed by atoms with Gasteiger partial charge in [-0.2, -0.15) is 0 Å². The number of anilines is 2. The largest absolute Gasteiger partial charge is 0.492 e. The molecule has 1 unspecified atom stereocenters. The van der Waals surface area contributed by atoms with Crippen molar-refractivity contribution in [2.75, 3.05) is 55.7 Å². The number of fused-ring (bicyclic) bond motifs is 2. The Morgan fingerprint density at radius 2 is 1.75 bits per heavy atom. The van der Waals surface area contributed by atoms with Gasteiger partial charge in [0.15, 0.2) is 5.65 Å². The third-order valence-electron chi connectivity index (χ3n) is 10.7. The van der Waals surface area contributed by atoms with Crippen LogP contribution in [0.25, 0.3) is 27.9 Å². The first-order valence-corrected chi connectivity index (χ1v) is 18.4. The molecule has 1 N–H and O–H groups in total. The van der Waals surface area contributed by atoms with E-state index in [4.69, 9.17) is 14.8 Å². The van der Waals surface area contributed by atoms with E-state index in [-0.39, 0.29) is 29.7 Å². The first kappa shape index (κ1) is 33.0. The molecule has 3 saturated heterocycles. The molecule has 4 aromatic heterocycles. The van der Waals surface area contributed by atoms with Crippen molar-refractivity contribution in [3.8, 4) is 17.1 Å². The van der Waals surface area contributed by atoms with Crippen LogP contribution in [0.15, 0.2) is 91.3 Å². The van der Waals surface area contributed by atoms with Crippen LogP contribution in [-0.2, 0) is 9.59 Å². The molecule has 9 rings (SSSR count). The minimum atomic E-state index is -0.382. The standard InChI is InChI=1S/C40H40FN9O3/c41-29-5-1-4-27(24-29)32-7-3-16-49(32)38-13-12-36-42-26-35(50(36)45-38)31-6-2-8-37(43-31)47-20-18-46(19-21-47)22-23-53-30-9-10-33-28(25-30)15-17-48(33)34-11-14-39(51)44-40(34)52/h1-2,4-6,8-10,12-13,15,17,24-26,32,34H,3,7,11,14,16,18-23H2,(H,44,51,52)/t32-,34?/m1/s1. The summed E-state index contributed by atoms with van der Waals surface area (Å²) in [5, 5.41) is 8.47. The fourth-order valence-electron chi connectivity index (χ4n) is 7.98. The van der Waals surface area contributed by atoms with Crippen molar-refractivity contribution in [1.82, 2.24) is 34.4 Å². The van der Waals surface area contributed by atoms with Crippen molar-refractivity contribution in [2.24, 2.45) is 0 Å². The monoisotopic (exact) mass is 713 g/mol. The highest BCUT2D eigenvalue weighted by atomic mass is 19.1. The molecule has 3 fully saturated rings. The molecule has 0 aliphatic carbocycles. The van der Waals surface area contributed by atoms with Crippen molar-refractivity contribution in [3.05, 3.63) is 103 Å². The van der Waals surface area contributed by atoms with Crippen LogP contribution in [0, 0.1) is 5.82 Å². The van der Waals surface area contributed by atoms with Gasteiger partial charge in [0.1, 0.15) is 41.5 Å². The molecule has 3 aliphatic rings. The topological polar surface area (TPSA) is 113 Å². The van der Waals surface area contributed by atoms with Crippen LogP contribution in [0.2, 0.25) is 0 Å². The van der Waals surface area contributed by atoms with Gasteiger partial charge in [0.25, 0.3) is 0 Å². The second-order valence-corrected chi connectivity index (χ2v) is 14.0. The fourth-order valence-corrected chi connectivity index (χ4v) is 7.98. The summed E-state index contributed by atoms with van der Waals surface area (Å²) >= 11 is 0. The van der Waals surface area contributed by atoms with E-state index in [1.807, 2.05) is 76.1 Å². The van der Waals surface area contributed by atoms with Crippen LogP contribution in [0.3, 0.4) is 0 Å². The summed E-state index contributed by atoms with van der Waals surface area (Å²) in [5.74, 6) is 1.87. The minimum absolute atomic E-state index is 0.0747. The van der Waals surface area contributed by atoms with Gasteiger partial charge >= 0.3 is 0 Å². The van der Waals surface area contributed by atoms with Crippen LogP contribution in [0.4, 0.5) is 16.0 Å². The molecule has 6 aromatic rings. The zero-order valence-electron chi connectivity index (χ0n) is 29.3. The minimum Gasteiger partial charge on any atom is -0.492 e. The fraction of sp³-hybridized carbons (Fsp3) is 0.325. The lowest BCUT2D eigenvalue weighted by Gasteiger charge is -2.35. The number of aromatic nitrogens is 5. The summed E-state index contributed by atoms with van der Waals surface area (Å²) < 4.78 is 24.0. The van der Waals surface area contributed by atoms with E-state index in [9.17, 15) is 14.0 Å². The Hall–Kier alpha value is -5.82. The predicted octanol–water partition coefficient (Wildman–Crippen LogP) is 5.41. The molecule has 7 heterocycles. The Bertz CT molecular complexity index is 2310. The molecule has 270 valence electrons. The maximum Gasteiger partial charge on any atom is 0.249 e. The maximum atomic E-state index is 14.1. The highest BCUT2D eigenvalue weighted by molar-refractivity contribution is 6.00. The number of hydrogen-bond acceptors (Lipinski definition) is 9. The van der Waals surface area contributed by atoms with Gasteiger partial charge in [0.05, 0.1) is 17.9 Å². The summed E-state index contributed by atoms with van der Waals surface area (Å²) in [6.07, 6.45) is 6.55. The van der Waals surface area contributed by atoms with Crippen molar-refractivity contribution in [3.63, 3.8) is 0 Å². The highest BCUT2D eigenvalue weighted by Crippen LogP contribution is 2.36. The van der Waals surface area contributed by atoms with Crippen LogP contribution in [-0.4, -0.2) is 86.7 Å². The first-order chi connectivity index (χ1) is 26.0. The van der Waals surface area contributed by atoms with Gasteiger partial charge in [-0.05, 0) is 85.5 Å². The number of nitrogens with zero attached hydrogens (tertiary/aromatic N) is 8. The maximum absolute atomic E-state index is 14.1. The van der Waals surface area contributed by atoms with Gasteiger partial charge < -0.3 is 19.1 Å². The van der Waals surface area contributed by atoms with E-state index < -0.39 is 0 Å². The molecule has 53 heavy (non-hydrogen) atoms. The molecule has 2 amide bonds. The molecule has 3 aliphatic heterocycles. The van der Waals surface area contributed by atoms with E-state index in [0.717, 1.165) is 103 Å². The van der Waals surface area contributed by atoms with Crippen molar-refractivity contribution in [2.45, 2.75) is 37.8 Å². The number of nitrogens with one attached hydrogen (secondary N) is 1. The van der Waals surface area contributed by atoms with E-state index in [0.29, 0.717) is 19.4 Å². The van der Waals surface area contributed by atoms with Crippen LogP contribution < -0.4 is 19.9 Å². The van der Waals surface area contributed by atoms with Crippen LogP contribution >= 0.6 is 0 Å². The number of pyridine rings is 1. The number of benzene rings is 2. The number of carbonyl (C=O) groups is 2. The second kappa shape index (κ2) is 14.0. The molecule has 2 aromatic carbocycles. The number of imidazole rings is 1. The summed E-state index contributed by atoms with van der Waals surface area (Å²) in [7, 11) is 0. The van der Waals surface area contributed by atoms with E-state index in [2.05, 4.69) is 31.1 Å². The molecule has 0 radical (unpaired) electrons. The van der Waals surface area contributed by atoms with Crippen LogP contribution in [0.1, 0.15) is 43.3 Å². The lowest BCUT2D eigenvalue weighted by Crippen LogP contribution is -2.47. The average Bonchev–Trinajstić information content (AvgIpc) is 3.94. The smallest absolute Gasteiger partial charge is 0.249 e. The molecule has 13 heteroatoms. The van der Waals surface area contributed by atoms with Crippen molar-refractivity contribution >= 4 is 40.0 Å². The Balaban J connectivity index is 0.819. The number of ether oxygens (including phenoxy) is 1. The number of amides is 2. The molecule has 2 atom stereocenters. The van der Waals surface area contributed by atoms with Gasteiger partial charge in [-0.1, -0.05) is 18.2 Å². The lowest BCUT2D eigenvalue weighted by atomic mass is 10.0. The number of imide groups is 1. The Labute approximate surface area is 305 Å². The summed E-state index contributed by atoms with van der Waals surface area (Å²) in [5.41, 5.74) is 4.30. The molecule has 12 nitrogen and oxygen atoms in total. The number of halogens is 1. The zero-order valence-corrected chi connectivity index (χ0v) is 29.3.